The standard InChI is InChI=1S/C16H18N2O4/c1-20-13-8-10(9-14(21-2)15(13)22-3)18-16(19)11-6-4-5-7-12(11)17/h4-9H,17H2,1-3H3,(H,18,19). The van der Waals surface area contributed by atoms with E-state index < -0.39 is 0 Å². The minimum atomic E-state index is -0.313. The van der Waals surface area contributed by atoms with Gasteiger partial charge in [0.15, 0.2) is 11.5 Å². The molecule has 0 spiro atoms. The highest BCUT2D eigenvalue weighted by atomic mass is 16.5. The molecule has 6 nitrogen and oxygen atoms in total. The molecular weight excluding hydrogens is 284 g/mol. The van der Waals surface area contributed by atoms with Crippen molar-refractivity contribution in [1.82, 2.24) is 0 Å². The molecule has 3 N–H and O–H groups in total. The zero-order chi connectivity index (χ0) is 16.1. The molecule has 0 atom stereocenters. The molecule has 2 rings (SSSR count). The molecule has 0 fully saturated rings. The molecule has 0 aromatic heterocycles. The van der Waals surface area contributed by atoms with Crippen LogP contribution in [0.1, 0.15) is 10.4 Å². The normalized spacial score (nSPS) is 9.95. The van der Waals surface area contributed by atoms with Gasteiger partial charge in [0.2, 0.25) is 5.75 Å². The van der Waals surface area contributed by atoms with E-state index in [-0.39, 0.29) is 5.91 Å². The zero-order valence-electron chi connectivity index (χ0n) is 12.7. The molecule has 0 bridgehead atoms. The predicted molar refractivity (Wildman–Crippen MR) is 84.9 cm³/mol. The average molecular weight is 302 g/mol. The number of methoxy groups -OCH3 is 3. The van der Waals surface area contributed by atoms with Crippen molar-refractivity contribution in [3.05, 3.63) is 42.0 Å². The van der Waals surface area contributed by atoms with Crippen LogP contribution in [0.4, 0.5) is 11.4 Å². The third-order valence-electron chi connectivity index (χ3n) is 3.13. The number of hydrogen-bond donors (Lipinski definition) is 2. The van der Waals surface area contributed by atoms with Crippen LogP contribution >= 0.6 is 0 Å². The van der Waals surface area contributed by atoms with E-state index in [2.05, 4.69) is 5.32 Å². The first-order valence-corrected chi connectivity index (χ1v) is 6.56. The molecule has 2 aromatic rings. The van der Waals surface area contributed by atoms with Crippen LogP contribution in [0, 0.1) is 0 Å². The van der Waals surface area contributed by atoms with Gasteiger partial charge in [0.1, 0.15) is 0 Å². The molecule has 6 heteroatoms. The molecule has 1 amide bonds. The third kappa shape index (κ3) is 3.06. The fourth-order valence-corrected chi connectivity index (χ4v) is 2.06. The summed E-state index contributed by atoms with van der Waals surface area (Å²) in [7, 11) is 4.54. The molecule has 0 saturated heterocycles. The van der Waals surface area contributed by atoms with E-state index in [0.29, 0.717) is 34.2 Å². The lowest BCUT2D eigenvalue weighted by Gasteiger charge is -2.15. The maximum atomic E-state index is 12.3. The fourth-order valence-electron chi connectivity index (χ4n) is 2.06. The SMILES string of the molecule is COc1cc(NC(=O)c2ccccc2N)cc(OC)c1OC. The number of anilines is 2. The van der Waals surface area contributed by atoms with Gasteiger partial charge in [-0.2, -0.15) is 0 Å². The van der Waals surface area contributed by atoms with Gasteiger partial charge in [-0.15, -0.1) is 0 Å². The summed E-state index contributed by atoms with van der Waals surface area (Å²) in [6.07, 6.45) is 0. The Morgan fingerprint density at radius 3 is 2.09 bits per heavy atom. The maximum absolute atomic E-state index is 12.3. The first-order valence-electron chi connectivity index (χ1n) is 6.56. The van der Waals surface area contributed by atoms with Crippen LogP contribution in [0.15, 0.2) is 36.4 Å². The Labute approximate surface area is 128 Å². The van der Waals surface area contributed by atoms with Crippen molar-refractivity contribution in [1.29, 1.82) is 0 Å². The van der Waals surface area contributed by atoms with Crippen LogP contribution in [0.3, 0.4) is 0 Å². The first-order chi connectivity index (χ1) is 10.6. The average Bonchev–Trinajstić information content (AvgIpc) is 2.54. The number of rotatable bonds is 5. The number of nitrogens with one attached hydrogen (secondary N) is 1. The first kappa shape index (κ1) is 15.5. The zero-order valence-corrected chi connectivity index (χ0v) is 12.7. The Kier molecular flexibility index (Phi) is 4.73. The minimum absolute atomic E-state index is 0.313. The summed E-state index contributed by atoms with van der Waals surface area (Å²) in [5, 5.41) is 2.77. The van der Waals surface area contributed by atoms with Gasteiger partial charge in [0.05, 0.1) is 26.9 Å². The van der Waals surface area contributed by atoms with Gasteiger partial charge in [-0.05, 0) is 12.1 Å². The van der Waals surface area contributed by atoms with E-state index in [4.69, 9.17) is 19.9 Å². The summed E-state index contributed by atoms with van der Waals surface area (Å²) in [4.78, 5) is 12.3. The van der Waals surface area contributed by atoms with Gasteiger partial charge in [-0.1, -0.05) is 12.1 Å². The van der Waals surface area contributed by atoms with E-state index in [9.17, 15) is 4.79 Å². The number of nitrogens with two attached hydrogens (primary N) is 1. The summed E-state index contributed by atoms with van der Waals surface area (Å²) in [5.74, 6) is 1.06. The summed E-state index contributed by atoms with van der Waals surface area (Å²) >= 11 is 0. The summed E-state index contributed by atoms with van der Waals surface area (Å²) in [5.41, 5.74) is 7.13. The number of para-hydroxylation sites is 1. The van der Waals surface area contributed by atoms with E-state index in [1.807, 2.05) is 0 Å². The van der Waals surface area contributed by atoms with Crippen molar-refractivity contribution in [2.24, 2.45) is 0 Å². The second kappa shape index (κ2) is 6.71. The number of carbonyl (C=O) groups is 1. The quantitative estimate of drug-likeness (QED) is 0.829. The minimum Gasteiger partial charge on any atom is -0.493 e. The largest absolute Gasteiger partial charge is 0.493 e. The van der Waals surface area contributed by atoms with Gasteiger partial charge in [-0.3, -0.25) is 4.79 Å². The van der Waals surface area contributed by atoms with Gasteiger partial charge in [0, 0.05) is 23.5 Å². The lowest BCUT2D eigenvalue weighted by Crippen LogP contribution is -2.14. The summed E-state index contributed by atoms with van der Waals surface area (Å²) in [6.45, 7) is 0. The van der Waals surface area contributed by atoms with Crippen molar-refractivity contribution in [3.8, 4) is 17.2 Å². The van der Waals surface area contributed by atoms with E-state index in [0.717, 1.165) is 0 Å². The van der Waals surface area contributed by atoms with Crippen molar-refractivity contribution in [2.75, 3.05) is 32.4 Å². The lowest BCUT2D eigenvalue weighted by atomic mass is 10.1. The number of carbonyl (C=O) groups excluding carboxylic acids is 1. The van der Waals surface area contributed by atoms with Gasteiger partial charge >= 0.3 is 0 Å². The van der Waals surface area contributed by atoms with Crippen molar-refractivity contribution in [3.63, 3.8) is 0 Å². The van der Waals surface area contributed by atoms with Crippen LogP contribution in [0.5, 0.6) is 17.2 Å². The van der Waals surface area contributed by atoms with Gasteiger partial charge in [-0.25, -0.2) is 0 Å². The smallest absolute Gasteiger partial charge is 0.257 e. The van der Waals surface area contributed by atoms with Crippen molar-refractivity contribution < 1.29 is 19.0 Å². The lowest BCUT2D eigenvalue weighted by molar-refractivity contribution is 0.102. The second-order valence-corrected chi connectivity index (χ2v) is 4.46. The van der Waals surface area contributed by atoms with Crippen LogP contribution in [-0.4, -0.2) is 27.2 Å². The Bertz CT molecular complexity index is 661. The molecule has 0 unspecified atom stereocenters. The molecule has 0 aliphatic carbocycles. The monoisotopic (exact) mass is 302 g/mol. The number of benzene rings is 2. The number of amides is 1. The fraction of sp³-hybridized carbons (Fsp3) is 0.188. The van der Waals surface area contributed by atoms with Crippen LogP contribution in [0.25, 0.3) is 0 Å². The highest BCUT2D eigenvalue weighted by molar-refractivity contribution is 6.07. The van der Waals surface area contributed by atoms with Crippen LogP contribution < -0.4 is 25.3 Å². The van der Waals surface area contributed by atoms with Gasteiger partial charge < -0.3 is 25.3 Å². The Morgan fingerprint density at radius 2 is 1.59 bits per heavy atom. The van der Waals surface area contributed by atoms with Crippen LogP contribution in [0.2, 0.25) is 0 Å². The number of nitrogen functional groups attached to an aromatic ring is 1. The molecule has 0 heterocycles. The van der Waals surface area contributed by atoms with Crippen molar-refractivity contribution in [2.45, 2.75) is 0 Å². The van der Waals surface area contributed by atoms with Crippen LogP contribution in [-0.2, 0) is 0 Å². The Morgan fingerprint density at radius 1 is 1.00 bits per heavy atom. The Hall–Kier alpha value is -2.89. The van der Waals surface area contributed by atoms with Crippen molar-refractivity contribution >= 4 is 17.3 Å². The maximum Gasteiger partial charge on any atom is 0.257 e. The van der Waals surface area contributed by atoms with E-state index in [1.165, 1.54) is 21.3 Å². The summed E-state index contributed by atoms with van der Waals surface area (Å²) in [6, 6.07) is 10.1. The van der Waals surface area contributed by atoms with E-state index in [1.54, 1.807) is 36.4 Å². The number of hydrogen-bond acceptors (Lipinski definition) is 5. The third-order valence-corrected chi connectivity index (χ3v) is 3.13. The molecule has 2 aromatic carbocycles. The molecule has 116 valence electrons. The molecule has 0 aliphatic heterocycles. The molecule has 0 radical (unpaired) electrons. The second-order valence-electron chi connectivity index (χ2n) is 4.46. The topological polar surface area (TPSA) is 82.8 Å². The highest BCUT2D eigenvalue weighted by Crippen LogP contribution is 2.40. The van der Waals surface area contributed by atoms with Gasteiger partial charge in [0.25, 0.3) is 5.91 Å². The molecule has 0 saturated carbocycles. The number of ether oxygens (including phenoxy) is 3. The van der Waals surface area contributed by atoms with E-state index >= 15 is 0 Å². The Balaban J connectivity index is 2.34. The molecule has 22 heavy (non-hydrogen) atoms. The molecular formula is C16H18N2O4. The predicted octanol–water partition coefficient (Wildman–Crippen LogP) is 2.55. The molecule has 0 aliphatic rings. The summed E-state index contributed by atoms with van der Waals surface area (Å²) < 4.78 is 15.7. The highest BCUT2D eigenvalue weighted by Gasteiger charge is 2.15.